The third kappa shape index (κ3) is 4.11. The van der Waals surface area contributed by atoms with Crippen LogP contribution in [0.3, 0.4) is 0 Å². The van der Waals surface area contributed by atoms with Crippen molar-refractivity contribution in [3.63, 3.8) is 0 Å². The SMILES string of the molecule is CC(N)C1CCN(CC(=O)N(C)C2CC2)CC1.Cl. The number of nitrogens with zero attached hydrogens (tertiary/aromatic N) is 2. The molecule has 1 aliphatic heterocycles. The average Bonchev–Trinajstić information content (AvgIpc) is 3.12. The molecule has 1 amide bonds. The summed E-state index contributed by atoms with van der Waals surface area (Å²) in [5.74, 6) is 0.925. The molecule has 2 N–H and O–H groups in total. The van der Waals surface area contributed by atoms with Gasteiger partial charge in [-0.05, 0) is 51.6 Å². The first kappa shape index (κ1) is 15.7. The Hall–Kier alpha value is -0.320. The maximum absolute atomic E-state index is 12.0. The largest absolute Gasteiger partial charge is 0.342 e. The van der Waals surface area contributed by atoms with E-state index < -0.39 is 0 Å². The van der Waals surface area contributed by atoms with Crippen LogP contribution in [-0.2, 0) is 4.79 Å². The van der Waals surface area contributed by atoms with Gasteiger partial charge in [0.1, 0.15) is 0 Å². The Labute approximate surface area is 116 Å². The summed E-state index contributed by atoms with van der Waals surface area (Å²) in [6, 6.07) is 0.825. The molecule has 0 aromatic carbocycles. The highest BCUT2D eigenvalue weighted by Gasteiger charge is 2.31. The summed E-state index contributed by atoms with van der Waals surface area (Å²) in [4.78, 5) is 16.2. The van der Waals surface area contributed by atoms with Crippen LogP contribution in [0.4, 0.5) is 0 Å². The number of hydrogen-bond donors (Lipinski definition) is 1. The molecule has 18 heavy (non-hydrogen) atoms. The number of piperidine rings is 1. The summed E-state index contributed by atoms with van der Waals surface area (Å²) in [5.41, 5.74) is 5.92. The van der Waals surface area contributed by atoms with Crippen LogP contribution in [0.1, 0.15) is 32.6 Å². The van der Waals surface area contributed by atoms with Gasteiger partial charge in [0.2, 0.25) is 5.91 Å². The maximum Gasteiger partial charge on any atom is 0.236 e. The summed E-state index contributed by atoms with van der Waals surface area (Å²) in [5, 5.41) is 0. The average molecular weight is 276 g/mol. The van der Waals surface area contributed by atoms with Crippen molar-refractivity contribution in [3.05, 3.63) is 0 Å². The smallest absolute Gasteiger partial charge is 0.236 e. The van der Waals surface area contributed by atoms with E-state index in [-0.39, 0.29) is 18.3 Å². The highest BCUT2D eigenvalue weighted by Crippen LogP contribution is 2.26. The van der Waals surface area contributed by atoms with Gasteiger partial charge in [-0.15, -0.1) is 12.4 Å². The van der Waals surface area contributed by atoms with E-state index in [1.165, 1.54) is 12.8 Å². The van der Waals surface area contributed by atoms with E-state index >= 15 is 0 Å². The fourth-order valence-electron chi connectivity index (χ4n) is 2.61. The number of carbonyl (C=O) groups excluding carboxylic acids is 1. The van der Waals surface area contributed by atoms with Crippen LogP contribution in [0, 0.1) is 5.92 Å². The summed E-state index contributed by atoms with van der Waals surface area (Å²) in [7, 11) is 1.94. The monoisotopic (exact) mass is 275 g/mol. The first-order valence-corrected chi connectivity index (χ1v) is 6.81. The molecule has 106 valence electrons. The van der Waals surface area contributed by atoms with Crippen LogP contribution >= 0.6 is 12.4 Å². The number of amides is 1. The van der Waals surface area contributed by atoms with Crippen molar-refractivity contribution in [2.24, 2.45) is 11.7 Å². The zero-order valence-electron chi connectivity index (χ0n) is 11.5. The molecule has 1 aliphatic carbocycles. The van der Waals surface area contributed by atoms with Crippen LogP contribution in [0.5, 0.6) is 0 Å². The third-order valence-electron chi connectivity index (χ3n) is 4.22. The Morgan fingerprint density at radius 1 is 1.33 bits per heavy atom. The van der Waals surface area contributed by atoms with Crippen LogP contribution in [0.2, 0.25) is 0 Å². The Bertz CT molecular complexity index is 273. The Kier molecular flexibility index (Phi) is 5.89. The highest BCUT2D eigenvalue weighted by molar-refractivity contribution is 5.85. The number of carbonyl (C=O) groups is 1. The lowest BCUT2D eigenvalue weighted by atomic mass is 9.91. The molecule has 0 spiro atoms. The fourth-order valence-corrected chi connectivity index (χ4v) is 2.61. The van der Waals surface area contributed by atoms with Crippen LogP contribution in [0.25, 0.3) is 0 Å². The minimum absolute atomic E-state index is 0. The van der Waals surface area contributed by atoms with Gasteiger partial charge in [0.25, 0.3) is 0 Å². The van der Waals surface area contributed by atoms with Gasteiger partial charge in [0.05, 0.1) is 6.54 Å². The minimum Gasteiger partial charge on any atom is -0.342 e. The summed E-state index contributed by atoms with van der Waals surface area (Å²) in [6.07, 6.45) is 4.65. The first-order valence-electron chi connectivity index (χ1n) is 6.81. The van der Waals surface area contributed by atoms with E-state index in [2.05, 4.69) is 11.8 Å². The number of nitrogens with two attached hydrogens (primary N) is 1. The van der Waals surface area contributed by atoms with E-state index in [0.29, 0.717) is 24.5 Å². The van der Waals surface area contributed by atoms with E-state index in [9.17, 15) is 4.79 Å². The molecule has 0 radical (unpaired) electrons. The van der Waals surface area contributed by atoms with Crippen LogP contribution in [-0.4, -0.2) is 54.5 Å². The summed E-state index contributed by atoms with van der Waals surface area (Å²) < 4.78 is 0. The maximum atomic E-state index is 12.0. The second kappa shape index (κ2) is 6.73. The van der Waals surface area contributed by atoms with Gasteiger partial charge in [-0.3, -0.25) is 9.69 Å². The first-order chi connectivity index (χ1) is 8.08. The second-order valence-electron chi connectivity index (χ2n) is 5.71. The van der Waals surface area contributed by atoms with E-state index in [1.54, 1.807) is 0 Å². The van der Waals surface area contributed by atoms with Crippen molar-refractivity contribution in [1.29, 1.82) is 0 Å². The third-order valence-corrected chi connectivity index (χ3v) is 4.22. The molecule has 5 heteroatoms. The van der Waals surface area contributed by atoms with Crippen molar-refractivity contribution in [1.82, 2.24) is 9.80 Å². The molecular formula is C13H26ClN3O. The lowest BCUT2D eigenvalue weighted by Crippen LogP contribution is -2.45. The predicted octanol–water partition coefficient (Wildman–Crippen LogP) is 1.09. The number of rotatable bonds is 4. The molecule has 2 aliphatic rings. The number of halogens is 1. The molecule has 2 fully saturated rings. The van der Waals surface area contributed by atoms with Gasteiger partial charge >= 0.3 is 0 Å². The molecular weight excluding hydrogens is 250 g/mol. The van der Waals surface area contributed by atoms with E-state index in [0.717, 1.165) is 25.9 Å². The van der Waals surface area contributed by atoms with E-state index in [4.69, 9.17) is 5.73 Å². The molecule has 1 atom stereocenters. The molecule has 2 rings (SSSR count). The van der Waals surface area contributed by atoms with Crippen molar-refractivity contribution in [2.45, 2.75) is 44.7 Å². The van der Waals surface area contributed by atoms with Crippen LogP contribution in [0.15, 0.2) is 0 Å². The van der Waals surface area contributed by atoms with Gasteiger partial charge in [0, 0.05) is 19.1 Å². The molecule has 0 aromatic heterocycles. The summed E-state index contributed by atoms with van der Waals surface area (Å²) in [6.45, 7) is 4.73. The zero-order chi connectivity index (χ0) is 12.4. The molecule has 1 saturated heterocycles. The topological polar surface area (TPSA) is 49.6 Å². The Morgan fingerprint density at radius 3 is 2.33 bits per heavy atom. The molecule has 1 heterocycles. The van der Waals surface area contributed by atoms with Crippen LogP contribution < -0.4 is 5.73 Å². The van der Waals surface area contributed by atoms with Gasteiger partial charge in [0.15, 0.2) is 0 Å². The van der Waals surface area contributed by atoms with Gasteiger partial charge in [-0.1, -0.05) is 0 Å². The summed E-state index contributed by atoms with van der Waals surface area (Å²) >= 11 is 0. The molecule has 1 saturated carbocycles. The van der Waals surface area contributed by atoms with Crippen molar-refractivity contribution < 1.29 is 4.79 Å². The number of likely N-dealkylation sites (N-methyl/N-ethyl adjacent to an activating group) is 1. The predicted molar refractivity (Wildman–Crippen MR) is 75.9 cm³/mol. The lowest BCUT2D eigenvalue weighted by molar-refractivity contribution is -0.132. The molecule has 0 aromatic rings. The lowest BCUT2D eigenvalue weighted by Gasteiger charge is -2.34. The normalized spacial score (nSPS) is 23.3. The Morgan fingerprint density at radius 2 is 1.89 bits per heavy atom. The van der Waals surface area contributed by atoms with Gasteiger partial charge in [-0.25, -0.2) is 0 Å². The molecule has 1 unspecified atom stereocenters. The zero-order valence-corrected chi connectivity index (χ0v) is 12.3. The van der Waals surface area contributed by atoms with Crippen molar-refractivity contribution >= 4 is 18.3 Å². The van der Waals surface area contributed by atoms with Gasteiger partial charge < -0.3 is 10.6 Å². The molecule has 4 nitrogen and oxygen atoms in total. The standard InChI is InChI=1S/C13H25N3O.ClH/c1-10(14)11-5-7-16(8-6-11)9-13(17)15(2)12-3-4-12;/h10-12H,3-9,14H2,1-2H3;1H. The number of hydrogen-bond acceptors (Lipinski definition) is 3. The minimum atomic E-state index is 0. The number of likely N-dealkylation sites (tertiary alicyclic amines) is 1. The molecule has 0 bridgehead atoms. The van der Waals surface area contributed by atoms with Gasteiger partial charge in [-0.2, -0.15) is 0 Å². The second-order valence-corrected chi connectivity index (χ2v) is 5.71. The fraction of sp³-hybridized carbons (Fsp3) is 0.923. The van der Waals surface area contributed by atoms with Crippen molar-refractivity contribution in [3.8, 4) is 0 Å². The highest BCUT2D eigenvalue weighted by atomic mass is 35.5. The quantitative estimate of drug-likeness (QED) is 0.836. The van der Waals surface area contributed by atoms with E-state index in [1.807, 2.05) is 11.9 Å². The Balaban J connectivity index is 0.00000162. The van der Waals surface area contributed by atoms with Crippen molar-refractivity contribution in [2.75, 3.05) is 26.7 Å².